The Hall–Kier alpha value is -2.30. The minimum Gasteiger partial charge on any atom is -0.325 e. The van der Waals surface area contributed by atoms with Gasteiger partial charge in [-0.3, -0.25) is 4.98 Å². The predicted octanol–water partition coefficient (Wildman–Crippen LogP) is 3.09. The third-order valence-corrected chi connectivity index (χ3v) is 2.95. The van der Waals surface area contributed by atoms with Crippen molar-refractivity contribution < 1.29 is 0 Å². The molecular formula is C16H15ClN4. The second-order valence-electron chi connectivity index (χ2n) is 4.35. The van der Waals surface area contributed by atoms with Crippen molar-refractivity contribution in [2.45, 2.75) is 6.54 Å². The first-order valence-corrected chi connectivity index (χ1v) is 6.41. The third kappa shape index (κ3) is 3.42. The molecule has 0 aliphatic carbocycles. The van der Waals surface area contributed by atoms with Gasteiger partial charge in [-0.15, -0.1) is 12.4 Å². The molecule has 4 nitrogen and oxygen atoms in total. The normalized spacial score (nSPS) is 9.95. The van der Waals surface area contributed by atoms with Crippen molar-refractivity contribution in [1.29, 1.82) is 0 Å². The van der Waals surface area contributed by atoms with E-state index in [0.29, 0.717) is 12.4 Å². The molecule has 2 heterocycles. The average Bonchev–Trinajstić information content (AvgIpc) is 2.56. The molecule has 2 aromatic heterocycles. The second-order valence-corrected chi connectivity index (χ2v) is 4.35. The van der Waals surface area contributed by atoms with Crippen LogP contribution in [0.4, 0.5) is 0 Å². The highest BCUT2D eigenvalue weighted by Crippen LogP contribution is 2.20. The number of nitrogens with zero attached hydrogens (tertiary/aromatic N) is 3. The van der Waals surface area contributed by atoms with Gasteiger partial charge in [-0.2, -0.15) is 0 Å². The zero-order chi connectivity index (χ0) is 13.8. The summed E-state index contributed by atoms with van der Waals surface area (Å²) in [5.41, 5.74) is 9.12. The van der Waals surface area contributed by atoms with Gasteiger partial charge in [0.1, 0.15) is 0 Å². The van der Waals surface area contributed by atoms with Crippen LogP contribution < -0.4 is 5.73 Å². The Morgan fingerprint density at radius 2 is 1.62 bits per heavy atom. The van der Waals surface area contributed by atoms with E-state index < -0.39 is 0 Å². The van der Waals surface area contributed by atoms with Crippen LogP contribution in [0.5, 0.6) is 0 Å². The summed E-state index contributed by atoms with van der Waals surface area (Å²) in [6.07, 6.45) is 1.75. The summed E-state index contributed by atoms with van der Waals surface area (Å²) in [4.78, 5) is 13.4. The van der Waals surface area contributed by atoms with Gasteiger partial charge in [0.15, 0.2) is 5.82 Å². The Bertz CT molecular complexity index is 644. The summed E-state index contributed by atoms with van der Waals surface area (Å²) in [7, 11) is 0. The lowest BCUT2D eigenvalue weighted by Crippen LogP contribution is -2.03. The molecule has 0 amide bonds. The highest BCUT2D eigenvalue weighted by atomic mass is 35.5. The molecule has 0 radical (unpaired) electrons. The maximum absolute atomic E-state index is 5.73. The molecule has 0 fully saturated rings. The fourth-order valence-corrected chi connectivity index (χ4v) is 1.96. The van der Waals surface area contributed by atoms with Gasteiger partial charge in [-0.1, -0.05) is 36.4 Å². The van der Waals surface area contributed by atoms with Gasteiger partial charge >= 0.3 is 0 Å². The molecule has 0 bridgehead atoms. The number of hydrogen-bond acceptors (Lipinski definition) is 4. The predicted molar refractivity (Wildman–Crippen MR) is 85.8 cm³/mol. The van der Waals surface area contributed by atoms with Gasteiger partial charge in [0.25, 0.3) is 0 Å². The molecule has 106 valence electrons. The summed E-state index contributed by atoms with van der Waals surface area (Å²) in [6, 6.07) is 17.5. The molecule has 1 aromatic carbocycles. The molecular weight excluding hydrogens is 284 g/mol. The minimum absolute atomic E-state index is 0. The highest BCUT2D eigenvalue weighted by Gasteiger charge is 2.08. The fraction of sp³-hybridized carbons (Fsp3) is 0.0625. The van der Waals surface area contributed by atoms with Crippen molar-refractivity contribution in [3.05, 3.63) is 66.5 Å². The molecule has 0 unspecified atom stereocenters. The Balaban J connectivity index is 0.00000161. The van der Waals surface area contributed by atoms with Crippen LogP contribution in [0, 0.1) is 0 Å². The van der Waals surface area contributed by atoms with E-state index in [1.165, 1.54) is 0 Å². The van der Waals surface area contributed by atoms with E-state index in [9.17, 15) is 0 Å². The summed E-state index contributed by atoms with van der Waals surface area (Å²) in [5, 5.41) is 0. The molecule has 0 saturated heterocycles. The number of benzene rings is 1. The van der Waals surface area contributed by atoms with Crippen LogP contribution in [0.3, 0.4) is 0 Å². The molecule has 0 atom stereocenters. The van der Waals surface area contributed by atoms with Crippen molar-refractivity contribution in [3.63, 3.8) is 0 Å². The molecule has 0 spiro atoms. The van der Waals surface area contributed by atoms with Crippen molar-refractivity contribution in [1.82, 2.24) is 15.0 Å². The van der Waals surface area contributed by atoms with Crippen LogP contribution in [0.15, 0.2) is 60.8 Å². The number of aromatic nitrogens is 3. The summed E-state index contributed by atoms with van der Waals surface area (Å²) in [5.74, 6) is 0.675. The Kier molecular flexibility index (Phi) is 4.98. The van der Waals surface area contributed by atoms with Gasteiger partial charge in [0.05, 0.1) is 17.1 Å². The summed E-state index contributed by atoms with van der Waals surface area (Å²) < 4.78 is 0. The lowest BCUT2D eigenvalue weighted by atomic mass is 10.2. The van der Waals surface area contributed by atoms with Gasteiger partial charge in [-0.25, -0.2) is 9.97 Å². The third-order valence-electron chi connectivity index (χ3n) is 2.95. The van der Waals surface area contributed by atoms with E-state index in [4.69, 9.17) is 5.73 Å². The van der Waals surface area contributed by atoms with Crippen LogP contribution in [-0.4, -0.2) is 15.0 Å². The van der Waals surface area contributed by atoms with Crippen LogP contribution in [0.25, 0.3) is 22.8 Å². The molecule has 21 heavy (non-hydrogen) atoms. The van der Waals surface area contributed by atoms with Gasteiger partial charge < -0.3 is 5.73 Å². The standard InChI is InChI=1S/C16H14N4.ClH/c17-11-13-10-15(14-8-4-5-9-18-14)20-16(19-13)12-6-2-1-3-7-12;/h1-10H,11,17H2;1H. The van der Waals surface area contributed by atoms with E-state index in [0.717, 1.165) is 22.6 Å². The lowest BCUT2D eigenvalue weighted by Gasteiger charge is -2.06. The number of pyridine rings is 1. The second kappa shape index (κ2) is 6.92. The maximum atomic E-state index is 5.73. The number of rotatable bonds is 3. The Labute approximate surface area is 129 Å². The van der Waals surface area contributed by atoms with Crippen LogP contribution in [-0.2, 0) is 6.54 Å². The average molecular weight is 299 g/mol. The molecule has 3 aromatic rings. The van der Waals surface area contributed by atoms with E-state index in [1.807, 2.05) is 54.6 Å². The van der Waals surface area contributed by atoms with Crippen LogP contribution >= 0.6 is 12.4 Å². The first kappa shape index (κ1) is 15.1. The van der Waals surface area contributed by atoms with Crippen molar-refractivity contribution in [2.24, 2.45) is 5.73 Å². The maximum Gasteiger partial charge on any atom is 0.160 e. The number of hydrogen-bond donors (Lipinski definition) is 1. The fourth-order valence-electron chi connectivity index (χ4n) is 1.96. The minimum atomic E-state index is 0. The molecule has 5 heteroatoms. The first-order chi connectivity index (χ1) is 9.86. The summed E-state index contributed by atoms with van der Waals surface area (Å²) >= 11 is 0. The molecule has 0 aliphatic rings. The van der Waals surface area contributed by atoms with E-state index >= 15 is 0 Å². The van der Waals surface area contributed by atoms with Gasteiger partial charge in [-0.05, 0) is 18.2 Å². The van der Waals surface area contributed by atoms with E-state index in [2.05, 4.69) is 15.0 Å². The zero-order valence-electron chi connectivity index (χ0n) is 11.3. The summed E-state index contributed by atoms with van der Waals surface area (Å²) in [6.45, 7) is 0.377. The van der Waals surface area contributed by atoms with Gasteiger partial charge in [0, 0.05) is 18.3 Å². The molecule has 3 rings (SSSR count). The van der Waals surface area contributed by atoms with E-state index in [-0.39, 0.29) is 12.4 Å². The topological polar surface area (TPSA) is 64.7 Å². The van der Waals surface area contributed by atoms with E-state index in [1.54, 1.807) is 6.20 Å². The molecule has 0 saturated carbocycles. The zero-order valence-corrected chi connectivity index (χ0v) is 12.1. The number of halogens is 1. The van der Waals surface area contributed by atoms with Crippen molar-refractivity contribution in [2.75, 3.05) is 0 Å². The first-order valence-electron chi connectivity index (χ1n) is 6.41. The van der Waals surface area contributed by atoms with Gasteiger partial charge in [0.2, 0.25) is 0 Å². The van der Waals surface area contributed by atoms with Crippen molar-refractivity contribution in [3.8, 4) is 22.8 Å². The monoisotopic (exact) mass is 298 g/mol. The SMILES string of the molecule is Cl.NCc1cc(-c2ccccn2)nc(-c2ccccc2)n1. The highest BCUT2D eigenvalue weighted by molar-refractivity contribution is 5.85. The Morgan fingerprint density at radius 1 is 0.857 bits per heavy atom. The quantitative estimate of drug-likeness (QED) is 0.807. The smallest absolute Gasteiger partial charge is 0.160 e. The molecule has 2 N–H and O–H groups in total. The largest absolute Gasteiger partial charge is 0.325 e. The number of nitrogens with two attached hydrogens (primary N) is 1. The lowest BCUT2D eigenvalue weighted by molar-refractivity contribution is 0.970. The Morgan fingerprint density at radius 3 is 2.29 bits per heavy atom. The molecule has 0 aliphatic heterocycles. The van der Waals surface area contributed by atoms with Crippen LogP contribution in [0.2, 0.25) is 0 Å². The van der Waals surface area contributed by atoms with Crippen molar-refractivity contribution >= 4 is 12.4 Å². The van der Waals surface area contributed by atoms with Crippen LogP contribution in [0.1, 0.15) is 5.69 Å².